The Morgan fingerprint density at radius 2 is 1.77 bits per heavy atom. The molecule has 3 heterocycles. The number of para-hydroxylation sites is 1. The number of piperidine rings is 1. The highest BCUT2D eigenvalue weighted by molar-refractivity contribution is 5.94. The lowest BCUT2D eigenvalue weighted by Crippen LogP contribution is -2.44. The molecule has 7 nitrogen and oxygen atoms in total. The standard InChI is InChI=1S/C24H30N4O3/c1-23(2,3)31-22(30)28-14-11-24(16-28)9-12-27(13-10-24)20-17-7-5-6-8-19(17)26(4)21(29)18(20)15-25/h5-8H,9-14,16H2,1-4H3. The number of hydrogen-bond donors (Lipinski definition) is 0. The second-order valence-corrected chi connectivity index (χ2v) is 9.86. The van der Waals surface area contributed by atoms with Crippen molar-refractivity contribution >= 4 is 22.7 Å². The summed E-state index contributed by atoms with van der Waals surface area (Å²) in [5, 5.41) is 10.7. The van der Waals surface area contributed by atoms with Gasteiger partial charge in [-0.2, -0.15) is 5.26 Å². The summed E-state index contributed by atoms with van der Waals surface area (Å²) in [4.78, 5) is 29.3. The highest BCUT2D eigenvalue weighted by Crippen LogP contribution is 2.43. The lowest BCUT2D eigenvalue weighted by Gasteiger charge is -2.41. The number of amides is 1. The van der Waals surface area contributed by atoms with E-state index in [9.17, 15) is 14.9 Å². The van der Waals surface area contributed by atoms with Crippen LogP contribution in [0.2, 0.25) is 0 Å². The molecule has 2 aliphatic heterocycles. The average Bonchev–Trinajstić information content (AvgIpc) is 3.14. The molecule has 0 bridgehead atoms. The molecule has 31 heavy (non-hydrogen) atoms. The topological polar surface area (TPSA) is 78.6 Å². The van der Waals surface area contributed by atoms with Crippen molar-refractivity contribution in [2.75, 3.05) is 31.1 Å². The quantitative estimate of drug-likeness (QED) is 0.701. The lowest BCUT2D eigenvalue weighted by atomic mass is 9.77. The number of anilines is 1. The molecule has 0 radical (unpaired) electrons. The predicted molar refractivity (Wildman–Crippen MR) is 120 cm³/mol. The number of pyridine rings is 1. The molecule has 0 saturated carbocycles. The van der Waals surface area contributed by atoms with Crippen LogP contribution in [0.15, 0.2) is 29.1 Å². The van der Waals surface area contributed by atoms with Crippen molar-refractivity contribution in [1.29, 1.82) is 5.26 Å². The molecule has 2 fully saturated rings. The van der Waals surface area contributed by atoms with Gasteiger partial charge in [0, 0.05) is 38.6 Å². The number of carbonyl (C=O) groups excluding carboxylic acids is 1. The molecular formula is C24H30N4O3. The van der Waals surface area contributed by atoms with Crippen LogP contribution in [0.3, 0.4) is 0 Å². The van der Waals surface area contributed by atoms with Gasteiger partial charge >= 0.3 is 6.09 Å². The number of aromatic nitrogens is 1. The van der Waals surface area contributed by atoms with Gasteiger partial charge in [-0.05, 0) is 51.5 Å². The minimum atomic E-state index is -0.496. The number of benzene rings is 1. The van der Waals surface area contributed by atoms with Gasteiger partial charge in [0.15, 0.2) is 0 Å². The summed E-state index contributed by atoms with van der Waals surface area (Å²) in [6.45, 7) is 8.59. The zero-order valence-corrected chi connectivity index (χ0v) is 18.8. The second kappa shape index (κ2) is 7.60. The normalized spacial score (nSPS) is 18.4. The Balaban J connectivity index is 1.56. The summed E-state index contributed by atoms with van der Waals surface area (Å²) in [6, 6.07) is 9.91. The van der Waals surface area contributed by atoms with E-state index in [1.165, 1.54) is 0 Å². The largest absolute Gasteiger partial charge is 0.444 e. The molecule has 164 valence electrons. The van der Waals surface area contributed by atoms with Gasteiger partial charge in [-0.1, -0.05) is 18.2 Å². The molecule has 1 spiro atoms. The summed E-state index contributed by atoms with van der Waals surface area (Å²) in [6.07, 6.45) is 2.56. The van der Waals surface area contributed by atoms with E-state index in [0.29, 0.717) is 13.1 Å². The van der Waals surface area contributed by atoms with Crippen LogP contribution in [0.1, 0.15) is 45.6 Å². The van der Waals surface area contributed by atoms with E-state index in [4.69, 9.17) is 4.74 Å². The third-order valence-corrected chi connectivity index (χ3v) is 6.62. The van der Waals surface area contributed by atoms with Crippen LogP contribution in [0, 0.1) is 16.7 Å². The van der Waals surface area contributed by atoms with Gasteiger partial charge < -0.3 is 19.1 Å². The van der Waals surface area contributed by atoms with E-state index in [1.54, 1.807) is 11.6 Å². The molecule has 2 aromatic rings. The number of rotatable bonds is 1. The molecule has 7 heteroatoms. The molecule has 2 saturated heterocycles. The first-order valence-electron chi connectivity index (χ1n) is 10.9. The molecule has 1 amide bonds. The summed E-state index contributed by atoms with van der Waals surface area (Å²) in [5.74, 6) is 0. The maximum atomic E-state index is 12.8. The fraction of sp³-hybridized carbons (Fsp3) is 0.542. The molecule has 0 N–H and O–H groups in total. The van der Waals surface area contributed by atoms with Gasteiger partial charge in [0.25, 0.3) is 5.56 Å². The van der Waals surface area contributed by atoms with E-state index in [2.05, 4.69) is 11.0 Å². The monoisotopic (exact) mass is 422 g/mol. The highest BCUT2D eigenvalue weighted by atomic mass is 16.6. The number of likely N-dealkylation sites (tertiary alicyclic amines) is 1. The van der Waals surface area contributed by atoms with Crippen molar-refractivity contribution in [2.24, 2.45) is 12.5 Å². The van der Waals surface area contributed by atoms with Gasteiger partial charge in [-0.3, -0.25) is 4.79 Å². The molecule has 2 aliphatic rings. The van der Waals surface area contributed by atoms with Crippen molar-refractivity contribution in [2.45, 2.75) is 45.6 Å². The smallest absolute Gasteiger partial charge is 0.410 e. The summed E-state index contributed by atoms with van der Waals surface area (Å²) in [7, 11) is 1.71. The van der Waals surface area contributed by atoms with Crippen molar-refractivity contribution in [3.63, 3.8) is 0 Å². The Hall–Kier alpha value is -3.01. The zero-order chi connectivity index (χ0) is 22.4. The van der Waals surface area contributed by atoms with Gasteiger partial charge in [0.1, 0.15) is 17.2 Å². The van der Waals surface area contributed by atoms with Crippen molar-refractivity contribution in [1.82, 2.24) is 9.47 Å². The Bertz CT molecular complexity index is 1110. The van der Waals surface area contributed by atoms with Crippen molar-refractivity contribution < 1.29 is 9.53 Å². The van der Waals surface area contributed by atoms with Crippen LogP contribution in [-0.4, -0.2) is 47.3 Å². The average molecular weight is 423 g/mol. The Labute approximate surface area is 182 Å². The summed E-state index contributed by atoms with van der Waals surface area (Å²) < 4.78 is 7.11. The molecule has 4 rings (SSSR count). The van der Waals surface area contributed by atoms with Gasteiger partial charge in [-0.25, -0.2) is 4.79 Å². The van der Waals surface area contributed by atoms with E-state index < -0.39 is 5.60 Å². The number of ether oxygens (including phenoxy) is 1. The Morgan fingerprint density at radius 3 is 2.42 bits per heavy atom. The maximum absolute atomic E-state index is 12.8. The van der Waals surface area contributed by atoms with E-state index in [0.717, 1.165) is 48.9 Å². The first kappa shape index (κ1) is 21.2. The van der Waals surface area contributed by atoms with Crippen LogP contribution in [0.25, 0.3) is 10.9 Å². The van der Waals surface area contributed by atoms with E-state index >= 15 is 0 Å². The Kier molecular flexibility index (Phi) is 5.20. The molecular weight excluding hydrogens is 392 g/mol. The minimum absolute atomic E-state index is 0.0791. The number of carbonyl (C=O) groups is 1. The lowest BCUT2D eigenvalue weighted by molar-refractivity contribution is 0.0266. The number of nitriles is 1. The highest BCUT2D eigenvalue weighted by Gasteiger charge is 2.43. The third kappa shape index (κ3) is 3.87. The molecule has 1 aromatic heterocycles. The molecule has 0 unspecified atom stereocenters. The molecule has 0 atom stereocenters. The third-order valence-electron chi connectivity index (χ3n) is 6.62. The van der Waals surface area contributed by atoms with Crippen LogP contribution in [0.5, 0.6) is 0 Å². The van der Waals surface area contributed by atoms with Gasteiger partial charge in [0.05, 0.1) is 11.2 Å². The molecule has 1 aromatic carbocycles. The maximum Gasteiger partial charge on any atom is 0.410 e. The van der Waals surface area contributed by atoms with E-state index in [-0.39, 0.29) is 22.6 Å². The first-order chi connectivity index (χ1) is 14.6. The summed E-state index contributed by atoms with van der Waals surface area (Å²) in [5.41, 5.74) is 1.12. The van der Waals surface area contributed by atoms with Crippen LogP contribution in [-0.2, 0) is 11.8 Å². The number of nitrogens with zero attached hydrogens (tertiary/aromatic N) is 4. The van der Waals surface area contributed by atoms with Crippen molar-refractivity contribution in [3.05, 3.63) is 40.2 Å². The minimum Gasteiger partial charge on any atom is -0.444 e. The zero-order valence-electron chi connectivity index (χ0n) is 18.8. The second-order valence-electron chi connectivity index (χ2n) is 9.86. The van der Waals surface area contributed by atoms with Gasteiger partial charge in [0.2, 0.25) is 0 Å². The van der Waals surface area contributed by atoms with Crippen LogP contribution in [0.4, 0.5) is 10.5 Å². The summed E-state index contributed by atoms with van der Waals surface area (Å²) >= 11 is 0. The van der Waals surface area contributed by atoms with E-state index in [1.807, 2.05) is 49.9 Å². The predicted octanol–water partition coefficient (Wildman–Crippen LogP) is 3.64. The number of hydrogen-bond acceptors (Lipinski definition) is 5. The fourth-order valence-corrected chi connectivity index (χ4v) is 4.94. The van der Waals surface area contributed by atoms with Crippen LogP contribution < -0.4 is 10.5 Å². The Morgan fingerprint density at radius 1 is 1.13 bits per heavy atom. The number of fused-ring (bicyclic) bond motifs is 1. The van der Waals surface area contributed by atoms with Gasteiger partial charge in [-0.15, -0.1) is 0 Å². The van der Waals surface area contributed by atoms with Crippen LogP contribution >= 0.6 is 0 Å². The molecule has 0 aliphatic carbocycles. The number of aryl methyl sites for hydroxylation is 1. The SMILES string of the molecule is Cn1c(=O)c(C#N)c(N2CCC3(CCN(C(=O)OC(C)(C)C)C3)CC2)c2ccccc21. The first-order valence-corrected chi connectivity index (χ1v) is 10.9. The van der Waals surface area contributed by atoms with Crippen molar-refractivity contribution in [3.8, 4) is 6.07 Å². The fourth-order valence-electron chi connectivity index (χ4n) is 4.94.